The van der Waals surface area contributed by atoms with Gasteiger partial charge in [-0.1, -0.05) is 156 Å². The Labute approximate surface area is 442 Å². The van der Waals surface area contributed by atoms with Crippen molar-refractivity contribution >= 4 is 23.9 Å². The second kappa shape index (κ2) is 31.9. The number of para-hydroxylation sites is 1. The minimum Gasteiger partial charge on any atom is -0.481 e. The van der Waals surface area contributed by atoms with Crippen LogP contribution in [0.1, 0.15) is 204 Å². The number of rotatable bonds is 11. The molecule has 0 spiro atoms. The molecule has 2 aliphatic heterocycles. The number of hydrogen-bond acceptors (Lipinski definition) is 9. The molecule has 0 radical (unpaired) electrons. The van der Waals surface area contributed by atoms with E-state index in [1.54, 1.807) is 12.1 Å². The van der Waals surface area contributed by atoms with E-state index in [2.05, 4.69) is 44.2 Å². The molecule has 1 N–H and O–H groups in total. The van der Waals surface area contributed by atoms with Gasteiger partial charge in [0.25, 0.3) is 5.97 Å². The van der Waals surface area contributed by atoms with Crippen molar-refractivity contribution in [3.63, 3.8) is 0 Å². The Balaban J connectivity index is -0.000000845. The molecule has 2 aromatic rings. The molecule has 2 heterocycles. The van der Waals surface area contributed by atoms with E-state index in [-0.39, 0.29) is 101 Å². The highest BCUT2D eigenvalue weighted by Gasteiger charge is 2.68. The van der Waals surface area contributed by atoms with Gasteiger partial charge in [0.1, 0.15) is 18.0 Å². The lowest BCUT2D eigenvalue weighted by atomic mass is 9.79. The smallest absolute Gasteiger partial charge is 0.316 e. The predicted octanol–water partition coefficient (Wildman–Crippen LogP) is 16.2. The van der Waals surface area contributed by atoms with E-state index < -0.39 is 11.4 Å². The highest BCUT2D eigenvalue weighted by Crippen LogP contribution is 2.66. The van der Waals surface area contributed by atoms with Gasteiger partial charge in [0.15, 0.2) is 0 Å². The van der Waals surface area contributed by atoms with Gasteiger partial charge in [-0.25, -0.2) is 0 Å². The second-order valence-corrected chi connectivity index (χ2v) is 20.8. The number of fused-ring (bicyclic) bond motifs is 14. The summed E-state index contributed by atoms with van der Waals surface area (Å²) in [4.78, 5) is 44.5. The number of epoxide rings is 2. The molecule has 418 valence electrons. The molecule has 10 nitrogen and oxygen atoms in total. The maximum absolute atomic E-state index is 11.9. The van der Waals surface area contributed by atoms with Crippen molar-refractivity contribution in [1.82, 2.24) is 0 Å². The quantitative estimate of drug-likeness (QED) is 0.131. The third-order valence-electron chi connectivity index (χ3n) is 16.3. The Morgan fingerprint density at radius 3 is 1.49 bits per heavy atom. The first-order chi connectivity index (χ1) is 30.5. The number of benzene rings is 2. The summed E-state index contributed by atoms with van der Waals surface area (Å²) in [7, 11) is 0. The van der Waals surface area contributed by atoms with Crippen LogP contribution in [0.25, 0.3) is 0 Å². The van der Waals surface area contributed by atoms with Crippen molar-refractivity contribution in [3.05, 3.63) is 66.2 Å². The third-order valence-corrected chi connectivity index (χ3v) is 16.3. The van der Waals surface area contributed by atoms with Gasteiger partial charge in [0.05, 0.1) is 41.7 Å². The van der Waals surface area contributed by atoms with Crippen LogP contribution in [-0.4, -0.2) is 65.6 Å². The zero-order chi connectivity index (χ0) is 46.5. The minimum atomic E-state index is -0.833. The van der Waals surface area contributed by atoms with Gasteiger partial charge in [-0.3, -0.25) is 19.2 Å². The van der Waals surface area contributed by atoms with Crippen LogP contribution >= 0.6 is 0 Å². The molecule has 8 aliphatic rings. The summed E-state index contributed by atoms with van der Waals surface area (Å²) in [6.07, 6.45) is 13.7. The zero-order valence-electron chi connectivity index (χ0n) is 40.3. The second-order valence-electron chi connectivity index (χ2n) is 20.8. The molecule has 72 heavy (non-hydrogen) atoms. The summed E-state index contributed by atoms with van der Waals surface area (Å²) in [6.45, 7) is 19.3. The molecule has 10 heteroatoms. The molecule has 10 rings (SSSR count). The Hall–Kier alpha value is -3.76. The van der Waals surface area contributed by atoms with E-state index in [0.717, 1.165) is 68.6 Å². The fourth-order valence-corrected chi connectivity index (χ4v) is 11.5. The van der Waals surface area contributed by atoms with Crippen molar-refractivity contribution in [2.75, 3.05) is 0 Å². The van der Waals surface area contributed by atoms with Gasteiger partial charge in [-0.2, -0.15) is 0 Å². The average Bonchev–Trinajstić information content (AvgIpc) is 3.73. The molecule has 4 bridgehead atoms. The van der Waals surface area contributed by atoms with Crippen LogP contribution in [0.3, 0.4) is 0 Å². The van der Waals surface area contributed by atoms with E-state index in [9.17, 15) is 14.4 Å². The van der Waals surface area contributed by atoms with E-state index in [0.29, 0.717) is 53.8 Å². The maximum Gasteiger partial charge on any atom is 0.316 e. The largest absolute Gasteiger partial charge is 0.481 e. The van der Waals surface area contributed by atoms with Crippen molar-refractivity contribution in [3.8, 4) is 5.75 Å². The molecule has 2 aromatic carbocycles. The summed E-state index contributed by atoms with van der Waals surface area (Å²) in [5.74, 6) is 6.47. The number of ether oxygens (including phenoxy) is 5. The van der Waals surface area contributed by atoms with Crippen LogP contribution in [0.15, 0.2) is 60.7 Å². The first-order valence-electron chi connectivity index (χ1n) is 24.7. The highest BCUT2D eigenvalue weighted by molar-refractivity contribution is 5.78. The lowest BCUT2D eigenvalue weighted by Gasteiger charge is -2.32. The number of carboxylic acids is 1. The fraction of sp³-hybridized carbons (Fsp3) is 0.742. The van der Waals surface area contributed by atoms with Crippen molar-refractivity contribution in [1.29, 1.82) is 0 Å². The molecule has 8 fully saturated rings. The zero-order valence-corrected chi connectivity index (χ0v) is 40.3. The Morgan fingerprint density at radius 2 is 1.01 bits per heavy atom. The summed E-state index contributed by atoms with van der Waals surface area (Å²) in [5.41, 5.74) is 1.04. The number of aliphatic carboxylic acids is 1. The van der Waals surface area contributed by atoms with E-state index in [1.165, 1.54) is 37.7 Å². The van der Waals surface area contributed by atoms with Gasteiger partial charge in [-0.05, 0) is 143 Å². The molecule has 17 unspecified atom stereocenters. The average molecular weight is 1020 g/mol. The lowest BCUT2D eigenvalue weighted by Crippen LogP contribution is -2.35. The third kappa shape index (κ3) is 17.4. The predicted molar refractivity (Wildman–Crippen MR) is 300 cm³/mol. The molecular formula is C62H110O10. The van der Waals surface area contributed by atoms with Gasteiger partial charge in [0.2, 0.25) is 0 Å². The SMILES string of the molecule is C.C.C.C.C.C.C.C.CC(=O)O.CCC(C)(C)C(=O)Oc1ccccc1.CCC(C)C(=O)OC1CC2CC1C1C2CC2OC21.CCC(C)C(=O)OC1CC2CC1C1CC3OC3C21.CCC(C)c1ccccc1. The first kappa shape index (κ1) is 72.5. The fourth-order valence-electron chi connectivity index (χ4n) is 11.5. The van der Waals surface area contributed by atoms with Crippen LogP contribution in [0.2, 0.25) is 0 Å². The first-order valence-corrected chi connectivity index (χ1v) is 24.7. The van der Waals surface area contributed by atoms with Crippen LogP contribution in [0, 0.1) is 64.6 Å². The van der Waals surface area contributed by atoms with E-state index in [4.69, 9.17) is 33.6 Å². The molecular weight excluding hydrogens is 905 g/mol. The molecule has 17 atom stereocenters. The number of hydrogen-bond donors (Lipinski definition) is 1. The van der Waals surface area contributed by atoms with E-state index in [1.807, 2.05) is 66.7 Å². The van der Waals surface area contributed by atoms with Crippen molar-refractivity contribution in [2.24, 2.45) is 64.6 Å². The topological polar surface area (TPSA) is 141 Å². The Morgan fingerprint density at radius 1 is 0.583 bits per heavy atom. The maximum atomic E-state index is 11.9. The normalized spacial score (nSPS) is 30.8. The highest BCUT2D eigenvalue weighted by atomic mass is 16.6. The molecule has 6 aliphatic carbocycles. The van der Waals surface area contributed by atoms with Gasteiger partial charge in [0, 0.05) is 12.8 Å². The number of carbonyl (C=O) groups excluding carboxylic acids is 3. The van der Waals surface area contributed by atoms with Crippen molar-refractivity contribution < 1.29 is 48.0 Å². The van der Waals surface area contributed by atoms with Gasteiger partial charge >= 0.3 is 17.9 Å². The number of carbonyl (C=O) groups is 4. The molecule has 0 amide bonds. The van der Waals surface area contributed by atoms with Crippen LogP contribution in [0.4, 0.5) is 0 Å². The molecule has 2 saturated heterocycles. The standard InChI is InChI=1S/2C15H22O3.C12H16O2.C10H14.C2H4O2.8CH4/c1-3-7(2)15(16)18-11-5-8-4-10(11)13-9(8)6-12-14(13)17-12;1-3-7(2)15(16)18-11-5-8-4-9(11)10-6-12-14(17-12)13(8)10;1-4-12(2,3)11(13)14-10-8-6-5-7-9-10;1-3-9(2)10-7-5-4-6-8-10;1-2(3)4;;;;;;;;/h2*7-14H,3-6H2,1-2H3;5-9H,4H2,1-3H3;4-9H,3H2,1-2H3;1H3,(H,3,4);8*1H4. The van der Waals surface area contributed by atoms with Crippen molar-refractivity contribution in [2.45, 2.75) is 235 Å². The summed E-state index contributed by atoms with van der Waals surface area (Å²) >= 11 is 0. The summed E-state index contributed by atoms with van der Waals surface area (Å²) in [6, 6.07) is 19.8. The monoisotopic (exact) mass is 1010 g/mol. The van der Waals surface area contributed by atoms with E-state index >= 15 is 0 Å². The van der Waals surface area contributed by atoms with Crippen LogP contribution < -0.4 is 4.74 Å². The minimum absolute atomic E-state index is 0. The lowest BCUT2D eigenvalue weighted by molar-refractivity contribution is -0.159. The van der Waals surface area contributed by atoms with Crippen LogP contribution in [0.5, 0.6) is 5.75 Å². The Kier molecular flexibility index (Phi) is 32.1. The summed E-state index contributed by atoms with van der Waals surface area (Å²) in [5, 5.41) is 7.42. The van der Waals surface area contributed by atoms with Crippen LogP contribution in [-0.2, 0) is 38.1 Å². The number of esters is 3. The molecule has 0 aromatic heterocycles. The Bertz CT molecular complexity index is 1850. The summed E-state index contributed by atoms with van der Waals surface area (Å²) < 4.78 is 28.2. The molecule has 6 saturated carbocycles. The van der Waals surface area contributed by atoms with Gasteiger partial charge in [-0.15, -0.1) is 0 Å². The number of carboxylic acid groups (broad SMARTS) is 1. The van der Waals surface area contributed by atoms with Gasteiger partial charge < -0.3 is 28.8 Å².